The molecule has 0 saturated heterocycles. The normalized spacial score (nSPS) is 12.0. The average Bonchev–Trinajstić information content (AvgIpc) is 0.722. The summed E-state index contributed by atoms with van der Waals surface area (Å²) < 4.78 is 0.438. The topological polar surface area (TPSA) is 0 Å². The van der Waals surface area contributed by atoms with Gasteiger partial charge in [0.05, 0.1) is 0 Å². The molecule has 0 unspecified atom stereocenters. The fourth-order valence-corrected chi connectivity index (χ4v) is 0. The maximum atomic E-state index is 2.58. The van der Waals surface area contributed by atoms with Crippen LogP contribution in [-0.4, -0.2) is 16.0 Å². The fourth-order valence-electron chi connectivity index (χ4n) is 0. The molecule has 32 valence electrons. The molecule has 0 heterocycles. The molecule has 0 radical (unpaired) electrons. The second kappa shape index (κ2) is 1.32. The van der Waals surface area contributed by atoms with Crippen LogP contribution in [-0.2, 0) is 0 Å². The molecule has 0 aliphatic rings. The first-order chi connectivity index (χ1) is 2.00. The molecule has 0 aromatic heterocycles. The number of hydrogen-bond donors (Lipinski definition) is 0. The molecule has 0 fully saturated rings. The molecule has 5 heavy (non-hydrogen) atoms. The summed E-state index contributed by atoms with van der Waals surface area (Å²) in [6.45, 7) is 6.48. The van der Waals surface area contributed by atoms with Gasteiger partial charge in [0.1, 0.15) is 0 Å². The molecule has 0 spiro atoms. The molecule has 0 nitrogen and oxygen atoms in total. The molecule has 0 aromatic carbocycles. The first kappa shape index (κ1) is 5.52. The SMILES string of the molecule is CC(C)(C)[SeH]. The van der Waals surface area contributed by atoms with Crippen molar-refractivity contribution in [2.24, 2.45) is 0 Å². The Morgan fingerprint density at radius 1 is 1.20 bits per heavy atom. The molecular weight excluding hydrogens is 127 g/mol. The zero-order valence-electron chi connectivity index (χ0n) is 3.95. The van der Waals surface area contributed by atoms with Gasteiger partial charge in [-0.25, -0.2) is 0 Å². The van der Waals surface area contributed by atoms with Crippen LogP contribution in [0.15, 0.2) is 0 Å². The standard InChI is InChI=1S/C4H10Se/c1-4(2,3)5/h5H,1-3H3. The summed E-state index contributed by atoms with van der Waals surface area (Å²) in [6, 6.07) is 0. The van der Waals surface area contributed by atoms with Gasteiger partial charge >= 0.3 is 41.1 Å². The summed E-state index contributed by atoms with van der Waals surface area (Å²) in [5.41, 5.74) is 0. The molecular formula is C4H10Se. The van der Waals surface area contributed by atoms with Crippen LogP contribution in [0.1, 0.15) is 20.8 Å². The van der Waals surface area contributed by atoms with Crippen LogP contribution < -0.4 is 0 Å². The Bertz CT molecular complexity index is 19.1. The Morgan fingerprint density at radius 2 is 1.20 bits per heavy atom. The van der Waals surface area contributed by atoms with E-state index < -0.39 is 0 Å². The summed E-state index contributed by atoms with van der Waals surface area (Å²) in [4.78, 5) is 0. The van der Waals surface area contributed by atoms with E-state index in [9.17, 15) is 0 Å². The second-order valence-electron chi connectivity index (χ2n) is 2.17. The summed E-state index contributed by atoms with van der Waals surface area (Å²) in [5, 5.41) is 0. The van der Waals surface area contributed by atoms with Crippen molar-refractivity contribution < 1.29 is 0 Å². The maximum absolute atomic E-state index is 2.58. The van der Waals surface area contributed by atoms with Crippen LogP contribution >= 0.6 is 0 Å². The van der Waals surface area contributed by atoms with Crippen LogP contribution in [0.5, 0.6) is 0 Å². The Morgan fingerprint density at radius 3 is 1.20 bits per heavy atom. The van der Waals surface area contributed by atoms with Crippen molar-refractivity contribution in [3.63, 3.8) is 0 Å². The second-order valence-corrected chi connectivity index (χ2v) is 4.99. The van der Waals surface area contributed by atoms with Crippen LogP contribution in [0, 0.1) is 0 Å². The van der Waals surface area contributed by atoms with Gasteiger partial charge in [0, 0.05) is 0 Å². The Labute approximate surface area is 41.8 Å². The molecule has 0 rings (SSSR count). The zero-order chi connectivity index (χ0) is 4.50. The molecule has 0 bridgehead atoms. The van der Waals surface area contributed by atoms with E-state index >= 15 is 0 Å². The van der Waals surface area contributed by atoms with Crippen molar-refractivity contribution in [3.05, 3.63) is 0 Å². The third kappa shape index (κ3) is 106. The van der Waals surface area contributed by atoms with Gasteiger partial charge in [-0.1, -0.05) is 0 Å². The van der Waals surface area contributed by atoms with Crippen LogP contribution in [0.4, 0.5) is 0 Å². The van der Waals surface area contributed by atoms with Crippen molar-refractivity contribution in [2.75, 3.05) is 0 Å². The van der Waals surface area contributed by atoms with Gasteiger partial charge in [0.25, 0.3) is 0 Å². The van der Waals surface area contributed by atoms with Crippen LogP contribution in [0.25, 0.3) is 0 Å². The van der Waals surface area contributed by atoms with Gasteiger partial charge in [-0.05, 0) is 0 Å². The van der Waals surface area contributed by atoms with Crippen molar-refractivity contribution in [3.8, 4) is 0 Å². The van der Waals surface area contributed by atoms with Gasteiger partial charge < -0.3 is 0 Å². The van der Waals surface area contributed by atoms with Gasteiger partial charge in [-0.2, -0.15) is 0 Å². The van der Waals surface area contributed by atoms with Gasteiger partial charge in [0.15, 0.2) is 0 Å². The monoisotopic (exact) mass is 138 g/mol. The molecule has 1 heteroatoms. The summed E-state index contributed by atoms with van der Waals surface area (Å²) in [5.74, 6) is 0. The third-order valence-electron chi connectivity index (χ3n) is 0. The molecule has 0 aliphatic heterocycles. The van der Waals surface area contributed by atoms with E-state index in [1.54, 1.807) is 0 Å². The molecule has 0 atom stereocenters. The fraction of sp³-hybridized carbons (Fsp3) is 1.00. The Kier molecular flexibility index (Phi) is 1.45. The van der Waals surface area contributed by atoms with Gasteiger partial charge in [0.2, 0.25) is 0 Å². The summed E-state index contributed by atoms with van der Waals surface area (Å²) in [6.07, 6.45) is 0. The van der Waals surface area contributed by atoms with E-state index in [0.717, 1.165) is 0 Å². The third-order valence-corrected chi connectivity index (χ3v) is 0. The molecule has 0 aliphatic carbocycles. The predicted molar refractivity (Wildman–Crippen MR) is 26.9 cm³/mol. The molecule has 0 aromatic rings. The van der Waals surface area contributed by atoms with Crippen LogP contribution in [0.3, 0.4) is 0 Å². The van der Waals surface area contributed by atoms with Crippen molar-refractivity contribution in [1.82, 2.24) is 0 Å². The van der Waals surface area contributed by atoms with E-state index in [1.807, 2.05) is 0 Å². The molecule has 0 amide bonds. The summed E-state index contributed by atoms with van der Waals surface area (Å²) in [7, 11) is 0. The minimum absolute atomic E-state index is 0.438. The molecule has 0 N–H and O–H groups in total. The van der Waals surface area contributed by atoms with E-state index in [0.29, 0.717) is 4.31 Å². The van der Waals surface area contributed by atoms with Crippen molar-refractivity contribution in [1.29, 1.82) is 0 Å². The molecule has 0 saturated carbocycles. The first-order valence-electron chi connectivity index (χ1n) is 1.72. The number of hydrogen-bond acceptors (Lipinski definition) is 0. The Balaban J connectivity index is 3.02. The van der Waals surface area contributed by atoms with Crippen molar-refractivity contribution in [2.45, 2.75) is 25.1 Å². The summed E-state index contributed by atoms with van der Waals surface area (Å²) >= 11 is 2.58. The quantitative estimate of drug-likeness (QED) is 0.438. The van der Waals surface area contributed by atoms with E-state index in [2.05, 4.69) is 36.8 Å². The minimum atomic E-state index is 0.438. The van der Waals surface area contributed by atoms with Crippen molar-refractivity contribution >= 4 is 16.0 Å². The zero-order valence-corrected chi connectivity index (χ0v) is 5.82. The van der Waals surface area contributed by atoms with Gasteiger partial charge in [-0.3, -0.25) is 0 Å². The van der Waals surface area contributed by atoms with E-state index in [1.165, 1.54) is 0 Å². The predicted octanol–water partition coefficient (Wildman–Crippen LogP) is 1.11. The van der Waals surface area contributed by atoms with E-state index in [-0.39, 0.29) is 0 Å². The van der Waals surface area contributed by atoms with Crippen LogP contribution in [0.2, 0.25) is 4.31 Å². The first-order valence-corrected chi connectivity index (χ1v) is 2.66. The Hall–Kier alpha value is 0.519. The van der Waals surface area contributed by atoms with Gasteiger partial charge in [-0.15, -0.1) is 0 Å². The number of rotatable bonds is 0. The van der Waals surface area contributed by atoms with E-state index in [4.69, 9.17) is 0 Å². The average molecular weight is 137 g/mol.